The molecule has 0 amide bonds. The minimum atomic E-state index is -0.407. The fraction of sp³-hybridized carbons (Fsp3) is 0.333. The summed E-state index contributed by atoms with van der Waals surface area (Å²) in [7, 11) is 0. The van der Waals surface area contributed by atoms with Crippen LogP contribution in [-0.2, 0) is 0 Å². The summed E-state index contributed by atoms with van der Waals surface area (Å²) in [5.41, 5.74) is 1.40. The van der Waals surface area contributed by atoms with Crippen molar-refractivity contribution in [2.75, 3.05) is 24.6 Å². The van der Waals surface area contributed by atoms with Gasteiger partial charge in [0.2, 0.25) is 0 Å². The quantitative estimate of drug-likeness (QED) is 0.465. The SMILES string of the molecule is C=CCN(CCO)c1ccc(C)cc1[N+](=O)[O-]. The number of nitrogens with zero attached hydrogens (tertiary/aromatic N) is 2. The second-order valence-electron chi connectivity index (χ2n) is 3.71. The lowest BCUT2D eigenvalue weighted by Gasteiger charge is -2.22. The summed E-state index contributed by atoms with van der Waals surface area (Å²) >= 11 is 0. The Hall–Kier alpha value is -1.88. The van der Waals surface area contributed by atoms with Crippen LogP contribution in [0, 0.1) is 17.0 Å². The molecule has 5 heteroatoms. The van der Waals surface area contributed by atoms with Gasteiger partial charge in [-0.05, 0) is 18.6 Å². The van der Waals surface area contributed by atoms with Gasteiger partial charge in [-0.15, -0.1) is 6.58 Å². The zero-order valence-corrected chi connectivity index (χ0v) is 9.80. The van der Waals surface area contributed by atoms with Gasteiger partial charge in [-0.1, -0.05) is 12.1 Å². The lowest BCUT2D eigenvalue weighted by molar-refractivity contribution is -0.384. The Labute approximate surface area is 100 Å². The van der Waals surface area contributed by atoms with Crippen LogP contribution in [0.4, 0.5) is 11.4 Å². The van der Waals surface area contributed by atoms with E-state index in [9.17, 15) is 10.1 Å². The first kappa shape index (κ1) is 13.2. The summed E-state index contributed by atoms with van der Waals surface area (Å²) in [6.07, 6.45) is 1.65. The monoisotopic (exact) mass is 236 g/mol. The molecule has 5 nitrogen and oxygen atoms in total. The van der Waals surface area contributed by atoms with Gasteiger partial charge in [0.05, 0.1) is 11.5 Å². The molecule has 0 spiro atoms. The smallest absolute Gasteiger partial charge is 0.292 e. The Balaban J connectivity index is 3.16. The zero-order valence-electron chi connectivity index (χ0n) is 9.80. The number of nitro benzene ring substituents is 1. The van der Waals surface area contributed by atoms with Crippen molar-refractivity contribution >= 4 is 11.4 Å². The molecular weight excluding hydrogens is 220 g/mol. The average molecular weight is 236 g/mol. The molecule has 0 unspecified atom stereocenters. The van der Waals surface area contributed by atoms with Gasteiger partial charge in [-0.2, -0.15) is 0 Å². The Morgan fingerprint density at radius 1 is 1.59 bits per heavy atom. The topological polar surface area (TPSA) is 66.6 Å². The third-order valence-electron chi connectivity index (χ3n) is 2.39. The van der Waals surface area contributed by atoms with E-state index in [1.165, 1.54) is 6.07 Å². The van der Waals surface area contributed by atoms with Gasteiger partial charge in [0.25, 0.3) is 5.69 Å². The summed E-state index contributed by atoms with van der Waals surface area (Å²) in [5, 5.41) is 19.9. The molecule has 0 aliphatic rings. The molecule has 1 rings (SSSR count). The van der Waals surface area contributed by atoms with E-state index in [-0.39, 0.29) is 12.3 Å². The molecule has 1 aromatic carbocycles. The molecule has 0 aromatic heterocycles. The minimum Gasteiger partial charge on any atom is -0.395 e. The molecule has 0 fully saturated rings. The van der Waals surface area contributed by atoms with E-state index in [1.807, 2.05) is 6.07 Å². The van der Waals surface area contributed by atoms with Gasteiger partial charge in [-0.3, -0.25) is 10.1 Å². The third-order valence-corrected chi connectivity index (χ3v) is 2.39. The van der Waals surface area contributed by atoms with Gasteiger partial charge in [0.15, 0.2) is 0 Å². The van der Waals surface area contributed by atoms with E-state index >= 15 is 0 Å². The number of rotatable bonds is 6. The molecule has 1 aromatic rings. The summed E-state index contributed by atoms with van der Waals surface area (Å²) in [5.74, 6) is 0. The molecule has 1 N–H and O–H groups in total. The summed E-state index contributed by atoms with van der Waals surface area (Å²) in [4.78, 5) is 12.3. The van der Waals surface area contributed by atoms with E-state index in [2.05, 4.69) is 6.58 Å². The predicted octanol–water partition coefficient (Wildman–Crippen LogP) is 1.89. The van der Waals surface area contributed by atoms with Gasteiger partial charge < -0.3 is 10.0 Å². The van der Waals surface area contributed by atoms with E-state index in [4.69, 9.17) is 5.11 Å². The van der Waals surface area contributed by atoms with Crippen molar-refractivity contribution in [3.8, 4) is 0 Å². The Morgan fingerprint density at radius 2 is 2.29 bits per heavy atom. The van der Waals surface area contributed by atoms with Crippen LogP contribution in [0.2, 0.25) is 0 Å². The van der Waals surface area contributed by atoms with Crippen molar-refractivity contribution in [2.45, 2.75) is 6.92 Å². The second kappa shape index (κ2) is 6.00. The first-order valence-electron chi connectivity index (χ1n) is 5.32. The third kappa shape index (κ3) is 3.29. The maximum Gasteiger partial charge on any atom is 0.292 e. The number of aryl methyl sites for hydroxylation is 1. The van der Waals surface area contributed by atoms with Crippen LogP contribution in [0.5, 0.6) is 0 Å². The summed E-state index contributed by atoms with van der Waals surface area (Å²) in [6, 6.07) is 5.05. The molecule has 0 heterocycles. The number of aliphatic hydroxyl groups excluding tert-OH is 1. The number of anilines is 1. The van der Waals surface area contributed by atoms with E-state index in [0.29, 0.717) is 18.8 Å². The molecular formula is C12H16N2O3. The molecule has 0 radical (unpaired) electrons. The van der Waals surface area contributed by atoms with Crippen LogP contribution in [0.15, 0.2) is 30.9 Å². The summed E-state index contributed by atoms with van der Waals surface area (Å²) < 4.78 is 0. The maximum absolute atomic E-state index is 11.0. The van der Waals surface area contributed by atoms with Gasteiger partial charge in [0.1, 0.15) is 5.69 Å². The van der Waals surface area contributed by atoms with Gasteiger partial charge in [0, 0.05) is 19.2 Å². The Kier molecular flexibility index (Phi) is 4.66. The van der Waals surface area contributed by atoms with Crippen molar-refractivity contribution in [1.29, 1.82) is 0 Å². The minimum absolute atomic E-state index is 0.0558. The number of aliphatic hydroxyl groups is 1. The number of benzene rings is 1. The first-order chi connectivity index (χ1) is 8.10. The van der Waals surface area contributed by atoms with Crippen LogP contribution in [0.3, 0.4) is 0 Å². The van der Waals surface area contributed by atoms with Crippen molar-refractivity contribution in [3.63, 3.8) is 0 Å². The van der Waals surface area contributed by atoms with Gasteiger partial charge in [-0.25, -0.2) is 0 Å². The van der Waals surface area contributed by atoms with Crippen LogP contribution in [0.1, 0.15) is 5.56 Å². The highest BCUT2D eigenvalue weighted by Crippen LogP contribution is 2.28. The number of hydrogen-bond donors (Lipinski definition) is 1. The van der Waals surface area contributed by atoms with Crippen molar-refractivity contribution in [1.82, 2.24) is 0 Å². The zero-order chi connectivity index (χ0) is 12.8. The van der Waals surface area contributed by atoms with Crippen LogP contribution >= 0.6 is 0 Å². The number of hydrogen-bond acceptors (Lipinski definition) is 4. The van der Waals surface area contributed by atoms with Crippen molar-refractivity contribution in [2.24, 2.45) is 0 Å². The number of nitro groups is 1. The molecule has 0 saturated heterocycles. The highest BCUT2D eigenvalue weighted by atomic mass is 16.6. The molecule has 0 bridgehead atoms. The normalized spacial score (nSPS) is 10.0. The molecule has 0 atom stereocenters. The molecule has 0 saturated carbocycles. The lowest BCUT2D eigenvalue weighted by atomic mass is 10.1. The van der Waals surface area contributed by atoms with E-state index < -0.39 is 4.92 Å². The fourth-order valence-corrected chi connectivity index (χ4v) is 1.63. The average Bonchev–Trinajstić information content (AvgIpc) is 2.28. The first-order valence-corrected chi connectivity index (χ1v) is 5.32. The van der Waals surface area contributed by atoms with Crippen molar-refractivity contribution in [3.05, 3.63) is 46.5 Å². The van der Waals surface area contributed by atoms with Crippen molar-refractivity contribution < 1.29 is 10.0 Å². The lowest BCUT2D eigenvalue weighted by Crippen LogP contribution is -2.27. The van der Waals surface area contributed by atoms with Crippen LogP contribution < -0.4 is 4.90 Å². The Morgan fingerprint density at radius 3 is 2.82 bits per heavy atom. The second-order valence-corrected chi connectivity index (χ2v) is 3.71. The molecule has 17 heavy (non-hydrogen) atoms. The molecule has 0 aliphatic heterocycles. The fourth-order valence-electron chi connectivity index (χ4n) is 1.63. The molecule has 92 valence electrons. The largest absolute Gasteiger partial charge is 0.395 e. The maximum atomic E-state index is 11.0. The van der Waals surface area contributed by atoms with Crippen LogP contribution in [0.25, 0.3) is 0 Å². The molecule has 0 aliphatic carbocycles. The predicted molar refractivity (Wildman–Crippen MR) is 67.3 cm³/mol. The van der Waals surface area contributed by atoms with E-state index in [0.717, 1.165) is 5.56 Å². The van der Waals surface area contributed by atoms with Gasteiger partial charge >= 0.3 is 0 Å². The van der Waals surface area contributed by atoms with E-state index in [1.54, 1.807) is 24.0 Å². The standard InChI is InChI=1S/C12H16N2O3/c1-3-6-13(7-8-15)11-5-4-10(2)9-12(11)14(16)17/h3-5,9,15H,1,6-8H2,2H3. The summed E-state index contributed by atoms with van der Waals surface area (Å²) in [6.45, 7) is 6.16. The highest BCUT2D eigenvalue weighted by molar-refractivity contribution is 5.64. The highest BCUT2D eigenvalue weighted by Gasteiger charge is 2.18. The Bertz CT molecular complexity index is 418. The van der Waals surface area contributed by atoms with Crippen LogP contribution in [-0.4, -0.2) is 29.7 Å².